The molecule has 1 aromatic heterocycles. The molecule has 4 amide bonds. The summed E-state index contributed by atoms with van der Waals surface area (Å²) in [5, 5.41) is 3.41. The minimum atomic E-state index is -0.948. The SMILES string of the molecule is O=C(c1ccccn1)N1CCC2(CC1)NC(=O)N(Cc1cccc(Cl)c1)C2=O. The Morgan fingerprint density at radius 2 is 1.93 bits per heavy atom. The van der Waals surface area contributed by atoms with Crippen LogP contribution in [0, 0.1) is 0 Å². The Balaban J connectivity index is 1.44. The number of rotatable bonds is 3. The van der Waals surface area contributed by atoms with Crippen LogP contribution in [0.3, 0.4) is 0 Å². The van der Waals surface area contributed by atoms with Gasteiger partial charge in [-0.15, -0.1) is 0 Å². The van der Waals surface area contributed by atoms with E-state index in [1.54, 1.807) is 47.5 Å². The normalized spacial score (nSPS) is 18.5. The van der Waals surface area contributed by atoms with Crippen molar-refractivity contribution in [3.05, 3.63) is 64.9 Å². The summed E-state index contributed by atoms with van der Waals surface area (Å²) in [7, 11) is 0. The molecule has 2 saturated heterocycles. The second kappa shape index (κ2) is 7.24. The zero-order valence-corrected chi connectivity index (χ0v) is 15.9. The van der Waals surface area contributed by atoms with Crippen LogP contribution in [0.15, 0.2) is 48.7 Å². The molecule has 7 nitrogen and oxygen atoms in total. The second-order valence-electron chi connectivity index (χ2n) is 7.04. The number of nitrogens with zero attached hydrogens (tertiary/aromatic N) is 3. The van der Waals surface area contributed by atoms with Gasteiger partial charge in [-0.05, 0) is 42.7 Å². The highest BCUT2D eigenvalue weighted by atomic mass is 35.5. The van der Waals surface area contributed by atoms with Crippen LogP contribution in [0.2, 0.25) is 5.02 Å². The third-order valence-electron chi connectivity index (χ3n) is 5.26. The number of likely N-dealkylation sites (tertiary alicyclic amines) is 1. The first kappa shape index (κ1) is 18.4. The number of aromatic nitrogens is 1. The molecule has 0 aliphatic carbocycles. The minimum Gasteiger partial charge on any atom is -0.337 e. The number of nitrogens with one attached hydrogen (secondary N) is 1. The number of halogens is 1. The lowest BCUT2D eigenvalue weighted by Crippen LogP contribution is -2.55. The first-order valence-electron chi connectivity index (χ1n) is 9.07. The van der Waals surface area contributed by atoms with Crippen molar-refractivity contribution in [3.63, 3.8) is 0 Å². The van der Waals surface area contributed by atoms with Crippen molar-refractivity contribution >= 4 is 29.4 Å². The summed E-state index contributed by atoms with van der Waals surface area (Å²) in [5.41, 5.74) is 0.218. The number of pyridine rings is 1. The molecule has 0 saturated carbocycles. The summed E-state index contributed by atoms with van der Waals surface area (Å²) in [6.07, 6.45) is 2.33. The Morgan fingerprint density at radius 1 is 1.14 bits per heavy atom. The van der Waals surface area contributed by atoms with Gasteiger partial charge in [0.25, 0.3) is 11.8 Å². The lowest BCUT2D eigenvalue weighted by Gasteiger charge is -2.37. The Morgan fingerprint density at radius 3 is 2.61 bits per heavy atom. The van der Waals surface area contributed by atoms with Gasteiger partial charge in [-0.1, -0.05) is 29.8 Å². The van der Waals surface area contributed by atoms with E-state index in [2.05, 4.69) is 10.3 Å². The fourth-order valence-electron chi connectivity index (χ4n) is 3.72. The van der Waals surface area contributed by atoms with E-state index in [-0.39, 0.29) is 18.4 Å². The molecule has 4 rings (SSSR count). The molecule has 2 aliphatic rings. The smallest absolute Gasteiger partial charge is 0.325 e. The maximum absolute atomic E-state index is 13.0. The number of urea groups is 1. The summed E-state index contributed by atoms with van der Waals surface area (Å²) in [6.45, 7) is 0.933. The zero-order chi connectivity index (χ0) is 19.7. The third-order valence-corrected chi connectivity index (χ3v) is 5.50. The number of benzene rings is 1. The van der Waals surface area contributed by atoms with Crippen molar-refractivity contribution in [1.29, 1.82) is 0 Å². The van der Waals surface area contributed by atoms with Gasteiger partial charge in [-0.2, -0.15) is 0 Å². The van der Waals surface area contributed by atoms with Crippen molar-refractivity contribution < 1.29 is 14.4 Å². The van der Waals surface area contributed by atoms with Gasteiger partial charge in [-0.3, -0.25) is 19.5 Å². The van der Waals surface area contributed by atoms with E-state index in [4.69, 9.17) is 11.6 Å². The molecule has 0 bridgehead atoms. The Hall–Kier alpha value is -2.93. The number of amides is 4. The summed E-state index contributed by atoms with van der Waals surface area (Å²) in [4.78, 5) is 45.0. The summed E-state index contributed by atoms with van der Waals surface area (Å²) in [5.74, 6) is -0.412. The van der Waals surface area contributed by atoms with Crippen LogP contribution in [0.4, 0.5) is 4.79 Å². The summed E-state index contributed by atoms with van der Waals surface area (Å²) < 4.78 is 0. The Kier molecular flexibility index (Phi) is 4.77. The molecule has 2 fully saturated rings. The standard InChI is InChI=1S/C20H19ClN4O3/c21-15-5-3-4-14(12-15)13-25-18(27)20(23-19(25)28)7-10-24(11-8-20)17(26)16-6-1-2-9-22-16/h1-6,9,12H,7-8,10-11,13H2,(H,23,28). The fraction of sp³-hybridized carbons (Fsp3) is 0.300. The molecule has 0 unspecified atom stereocenters. The first-order valence-corrected chi connectivity index (χ1v) is 9.45. The van der Waals surface area contributed by atoms with E-state index in [0.717, 1.165) is 5.56 Å². The topological polar surface area (TPSA) is 82.6 Å². The number of imide groups is 1. The van der Waals surface area contributed by atoms with Crippen LogP contribution >= 0.6 is 11.6 Å². The van der Waals surface area contributed by atoms with Crippen LogP contribution in [0.5, 0.6) is 0 Å². The maximum atomic E-state index is 13.0. The number of hydrogen-bond acceptors (Lipinski definition) is 4. The van der Waals surface area contributed by atoms with Gasteiger partial charge >= 0.3 is 6.03 Å². The number of piperidine rings is 1. The molecule has 1 N–H and O–H groups in total. The van der Waals surface area contributed by atoms with Gasteiger partial charge in [-0.25, -0.2) is 4.79 Å². The average molecular weight is 399 g/mol. The van der Waals surface area contributed by atoms with E-state index in [1.807, 2.05) is 6.07 Å². The lowest BCUT2D eigenvalue weighted by molar-refractivity contribution is -0.133. The highest BCUT2D eigenvalue weighted by Crippen LogP contribution is 2.31. The maximum Gasteiger partial charge on any atom is 0.325 e. The van der Waals surface area contributed by atoms with Crippen LogP contribution in [-0.4, -0.2) is 51.3 Å². The molecular formula is C20H19ClN4O3. The molecule has 0 radical (unpaired) electrons. The van der Waals surface area contributed by atoms with Crippen molar-refractivity contribution in [1.82, 2.24) is 20.1 Å². The molecular weight excluding hydrogens is 380 g/mol. The lowest BCUT2D eigenvalue weighted by atomic mass is 9.87. The summed E-state index contributed by atoms with van der Waals surface area (Å²) in [6, 6.07) is 11.9. The third kappa shape index (κ3) is 3.33. The van der Waals surface area contributed by atoms with Gasteiger partial charge in [0.2, 0.25) is 0 Å². The molecule has 144 valence electrons. The van der Waals surface area contributed by atoms with E-state index >= 15 is 0 Å². The molecule has 0 atom stereocenters. The van der Waals surface area contributed by atoms with E-state index in [0.29, 0.717) is 36.6 Å². The molecule has 2 aromatic rings. The van der Waals surface area contributed by atoms with Crippen molar-refractivity contribution in [2.75, 3.05) is 13.1 Å². The highest BCUT2D eigenvalue weighted by Gasteiger charge is 2.52. The van der Waals surface area contributed by atoms with Crippen molar-refractivity contribution in [2.45, 2.75) is 24.9 Å². The minimum absolute atomic E-state index is 0.164. The largest absolute Gasteiger partial charge is 0.337 e. The van der Waals surface area contributed by atoms with E-state index in [9.17, 15) is 14.4 Å². The van der Waals surface area contributed by atoms with Crippen LogP contribution < -0.4 is 5.32 Å². The molecule has 8 heteroatoms. The number of carbonyl (C=O) groups is 3. The van der Waals surface area contributed by atoms with Gasteiger partial charge in [0.1, 0.15) is 11.2 Å². The van der Waals surface area contributed by atoms with Gasteiger partial charge in [0.15, 0.2) is 0 Å². The molecule has 2 aliphatic heterocycles. The Bertz CT molecular complexity index is 926. The van der Waals surface area contributed by atoms with Crippen LogP contribution in [0.1, 0.15) is 28.9 Å². The predicted molar refractivity (Wildman–Crippen MR) is 103 cm³/mol. The average Bonchev–Trinajstić information content (AvgIpc) is 2.93. The van der Waals surface area contributed by atoms with Crippen LogP contribution in [-0.2, 0) is 11.3 Å². The van der Waals surface area contributed by atoms with E-state index < -0.39 is 11.6 Å². The quantitative estimate of drug-likeness (QED) is 0.805. The molecule has 28 heavy (non-hydrogen) atoms. The fourth-order valence-corrected chi connectivity index (χ4v) is 3.93. The molecule has 1 spiro atoms. The zero-order valence-electron chi connectivity index (χ0n) is 15.1. The van der Waals surface area contributed by atoms with Crippen molar-refractivity contribution in [3.8, 4) is 0 Å². The van der Waals surface area contributed by atoms with Gasteiger partial charge < -0.3 is 10.2 Å². The first-order chi connectivity index (χ1) is 13.5. The highest BCUT2D eigenvalue weighted by molar-refractivity contribution is 6.30. The monoisotopic (exact) mass is 398 g/mol. The van der Waals surface area contributed by atoms with Crippen LogP contribution in [0.25, 0.3) is 0 Å². The summed E-state index contributed by atoms with van der Waals surface area (Å²) >= 11 is 5.99. The molecule has 1 aromatic carbocycles. The number of carbonyl (C=O) groups excluding carboxylic acids is 3. The second-order valence-corrected chi connectivity index (χ2v) is 7.48. The number of hydrogen-bond donors (Lipinski definition) is 1. The van der Waals surface area contributed by atoms with Gasteiger partial charge in [0, 0.05) is 24.3 Å². The predicted octanol–water partition coefficient (Wildman–Crippen LogP) is 2.46. The molecule has 3 heterocycles. The van der Waals surface area contributed by atoms with Gasteiger partial charge in [0.05, 0.1) is 6.54 Å². The van der Waals surface area contributed by atoms with E-state index in [1.165, 1.54) is 4.90 Å². The Labute approximate surface area is 167 Å². The van der Waals surface area contributed by atoms with Crippen molar-refractivity contribution in [2.24, 2.45) is 0 Å².